The zero-order valence-corrected chi connectivity index (χ0v) is 10.8. The van der Waals surface area contributed by atoms with Crippen molar-refractivity contribution in [1.29, 1.82) is 0 Å². The summed E-state index contributed by atoms with van der Waals surface area (Å²) < 4.78 is 5.45. The van der Waals surface area contributed by atoms with E-state index in [9.17, 15) is 0 Å². The van der Waals surface area contributed by atoms with Crippen molar-refractivity contribution in [2.75, 3.05) is 6.61 Å². The van der Waals surface area contributed by atoms with Crippen LogP contribution in [0.15, 0.2) is 24.3 Å². The van der Waals surface area contributed by atoms with Crippen LogP contribution in [0.3, 0.4) is 0 Å². The fourth-order valence-corrected chi connectivity index (χ4v) is 6.33. The Morgan fingerprint density at radius 3 is 2.38 bits per heavy atom. The lowest BCUT2D eigenvalue weighted by molar-refractivity contribution is 0.340. The normalized spacial score (nSPS) is 18.0. The second kappa shape index (κ2) is 4.76. The monoisotopic (exact) mass is 230 g/mol. The minimum atomic E-state index is -1.56. The molecule has 1 aliphatic heterocycles. The number of hydrogen-bond donors (Lipinski definition) is 0. The minimum Gasteiger partial charge on any atom is -0.494 e. The van der Waals surface area contributed by atoms with Crippen molar-refractivity contribution >= 4 is 13.3 Å². The molecule has 0 aliphatic carbocycles. The van der Waals surface area contributed by atoms with Crippen LogP contribution in [0.2, 0.25) is 12.1 Å². The Labute approximate surface area is 98.8 Å². The van der Waals surface area contributed by atoms with Crippen LogP contribution in [0.1, 0.15) is 19.8 Å². The van der Waals surface area contributed by atoms with Gasteiger partial charge in [-0.1, -0.05) is 25.0 Å². The molecule has 1 heterocycles. The van der Waals surface area contributed by atoms with Gasteiger partial charge >= 0.3 is 0 Å². The van der Waals surface area contributed by atoms with E-state index in [0.29, 0.717) is 0 Å². The molecule has 2 rings (SSSR count). The molecule has 1 fully saturated rings. The van der Waals surface area contributed by atoms with Crippen molar-refractivity contribution < 1.29 is 4.74 Å². The van der Waals surface area contributed by atoms with Crippen LogP contribution in [0.4, 0.5) is 0 Å². The van der Waals surface area contributed by atoms with E-state index in [1.165, 1.54) is 30.1 Å². The predicted octanol–water partition coefficient (Wildman–Crippen LogP) is 2.71. The first kappa shape index (κ1) is 11.3. The van der Waals surface area contributed by atoms with Gasteiger partial charge in [0.05, 0.1) is 6.61 Å². The Morgan fingerprint density at radius 1 is 1.25 bits per heavy atom. The quantitative estimate of drug-likeness (QED) is 0.573. The third-order valence-electron chi connectivity index (χ3n) is 3.45. The van der Waals surface area contributed by atoms with Gasteiger partial charge in [0.1, 0.15) is 5.75 Å². The lowest BCUT2D eigenvalue weighted by Crippen LogP contribution is -2.43. The summed E-state index contributed by atoms with van der Waals surface area (Å²) in [7, 11) is -1.56. The van der Waals surface area contributed by atoms with Gasteiger partial charge in [-0.15, -0.1) is 12.0 Å². The highest BCUT2D eigenvalue weighted by Gasteiger charge is 2.36. The van der Waals surface area contributed by atoms with E-state index in [4.69, 9.17) is 11.2 Å². The van der Waals surface area contributed by atoms with Crippen molar-refractivity contribution in [1.82, 2.24) is 0 Å². The average molecular weight is 230 g/mol. The van der Waals surface area contributed by atoms with Crippen LogP contribution in [-0.4, -0.2) is 14.7 Å². The fourth-order valence-electron chi connectivity index (χ4n) is 2.53. The van der Waals surface area contributed by atoms with Gasteiger partial charge in [-0.3, -0.25) is 0 Å². The second-order valence-corrected chi connectivity index (χ2v) is 8.42. The third kappa shape index (κ3) is 2.01. The highest BCUT2D eigenvalue weighted by molar-refractivity contribution is 6.98. The molecule has 0 saturated carbocycles. The van der Waals surface area contributed by atoms with Crippen molar-refractivity contribution in [3.8, 4) is 17.7 Å². The van der Waals surface area contributed by atoms with Crippen molar-refractivity contribution in [2.24, 2.45) is 0 Å². The molecule has 0 unspecified atom stereocenters. The highest BCUT2D eigenvalue weighted by atomic mass is 28.3. The molecule has 2 heteroatoms. The van der Waals surface area contributed by atoms with Crippen LogP contribution in [0.5, 0.6) is 5.75 Å². The number of rotatable bonds is 3. The molecule has 0 radical (unpaired) electrons. The van der Waals surface area contributed by atoms with Crippen LogP contribution >= 0.6 is 0 Å². The summed E-state index contributed by atoms with van der Waals surface area (Å²) in [5.41, 5.74) is 3.14. The van der Waals surface area contributed by atoms with Crippen LogP contribution in [0, 0.1) is 12.0 Å². The van der Waals surface area contributed by atoms with Crippen LogP contribution in [0.25, 0.3) is 0 Å². The number of benzene rings is 1. The van der Waals surface area contributed by atoms with Gasteiger partial charge in [0.25, 0.3) is 0 Å². The van der Waals surface area contributed by atoms with Crippen molar-refractivity contribution in [3.63, 3.8) is 0 Å². The molecule has 1 saturated heterocycles. The minimum absolute atomic E-state index is 0.719. The summed E-state index contributed by atoms with van der Waals surface area (Å²) in [5.74, 6) is 0.949. The maximum atomic E-state index is 5.78. The van der Waals surface area contributed by atoms with E-state index in [1.807, 2.05) is 6.92 Å². The largest absolute Gasteiger partial charge is 0.494 e. The van der Waals surface area contributed by atoms with Gasteiger partial charge in [-0.25, -0.2) is 0 Å². The van der Waals surface area contributed by atoms with Gasteiger partial charge < -0.3 is 4.74 Å². The molecule has 0 N–H and O–H groups in total. The Bertz CT molecular complexity index is 382. The molecule has 16 heavy (non-hydrogen) atoms. The van der Waals surface area contributed by atoms with Crippen LogP contribution in [-0.2, 0) is 0 Å². The summed E-state index contributed by atoms with van der Waals surface area (Å²) in [6, 6.07) is 11.0. The Balaban J connectivity index is 2.23. The maximum absolute atomic E-state index is 5.78. The SMILES string of the molecule is C#C[Si]1(c2ccc(OCC)cc2)CCCC1. The van der Waals surface area contributed by atoms with E-state index in [0.717, 1.165) is 12.4 Å². The van der Waals surface area contributed by atoms with Gasteiger partial charge in [0, 0.05) is 0 Å². The van der Waals surface area contributed by atoms with Crippen molar-refractivity contribution in [3.05, 3.63) is 24.3 Å². The number of ether oxygens (including phenoxy) is 1. The first-order chi connectivity index (χ1) is 7.80. The standard InChI is InChI=1S/C14H18OSi/c1-3-15-13-7-9-14(10-8-13)16(4-2)11-5-6-12-16/h2,7-10H,3,5-6,11-12H2,1H3. The fraction of sp³-hybridized carbons (Fsp3) is 0.429. The summed E-state index contributed by atoms with van der Waals surface area (Å²) in [5, 5.41) is 1.41. The molecule has 0 aromatic heterocycles. The summed E-state index contributed by atoms with van der Waals surface area (Å²) in [6.45, 7) is 2.72. The molecule has 84 valence electrons. The highest BCUT2D eigenvalue weighted by Crippen LogP contribution is 2.29. The summed E-state index contributed by atoms with van der Waals surface area (Å²) >= 11 is 0. The van der Waals surface area contributed by atoms with Gasteiger partial charge in [-0.2, -0.15) is 0 Å². The smallest absolute Gasteiger partial charge is 0.168 e. The first-order valence-electron chi connectivity index (χ1n) is 6.02. The molecule has 0 atom stereocenters. The molecular formula is C14H18OSi. The summed E-state index contributed by atoms with van der Waals surface area (Å²) in [4.78, 5) is 0. The van der Waals surface area contributed by atoms with Crippen molar-refractivity contribution in [2.45, 2.75) is 31.9 Å². The topological polar surface area (TPSA) is 9.23 Å². The Hall–Kier alpha value is -1.20. The van der Waals surface area contributed by atoms with Gasteiger partial charge in [0.15, 0.2) is 8.07 Å². The third-order valence-corrected chi connectivity index (χ3v) is 7.86. The Morgan fingerprint density at radius 2 is 1.88 bits per heavy atom. The Kier molecular flexibility index (Phi) is 3.35. The van der Waals surface area contributed by atoms with Crippen LogP contribution < -0.4 is 9.92 Å². The number of hydrogen-bond acceptors (Lipinski definition) is 1. The van der Waals surface area contributed by atoms with Gasteiger partial charge in [0.2, 0.25) is 0 Å². The van der Waals surface area contributed by atoms with E-state index < -0.39 is 8.07 Å². The lowest BCUT2D eigenvalue weighted by atomic mass is 10.3. The first-order valence-corrected chi connectivity index (χ1v) is 8.43. The molecule has 1 nitrogen and oxygen atoms in total. The average Bonchev–Trinajstić information content (AvgIpc) is 2.80. The molecule has 1 aromatic rings. The number of terminal acetylenes is 1. The second-order valence-electron chi connectivity index (χ2n) is 4.39. The lowest BCUT2D eigenvalue weighted by Gasteiger charge is -2.20. The summed E-state index contributed by atoms with van der Waals surface area (Å²) in [6.07, 6.45) is 8.40. The molecule has 0 bridgehead atoms. The molecule has 0 spiro atoms. The molecule has 0 amide bonds. The zero-order chi connectivity index (χ0) is 11.4. The predicted molar refractivity (Wildman–Crippen MR) is 70.7 cm³/mol. The zero-order valence-electron chi connectivity index (χ0n) is 9.83. The molecular weight excluding hydrogens is 212 g/mol. The van der Waals surface area contributed by atoms with E-state index >= 15 is 0 Å². The van der Waals surface area contributed by atoms with E-state index in [2.05, 4.69) is 29.8 Å². The van der Waals surface area contributed by atoms with E-state index in [-0.39, 0.29) is 0 Å². The molecule has 1 aliphatic rings. The molecule has 1 aromatic carbocycles. The van der Waals surface area contributed by atoms with E-state index in [1.54, 1.807) is 0 Å². The van der Waals surface area contributed by atoms with Gasteiger partial charge in [-0.05, 0) is 36.3 Å². The maximum Gasteiger partial charge on any atom is 0.168 e.